The molecule has 2 unspecified atom stereocenters. The molecule has 1 saturated heterocycles. The Kier molecular flexibility index (Phi) is 5.35. The fourth-order valence-electron chi connectivity index (χ4n) is 2.53. The number of hydrogen-bond acceptors (Lipinski definition) is 5. The zero-order valence-electron chi connectivity index (χ0n) is 13.4. The van der Waals surface area contributed by atoms with Gasteiger partial charge in [0.05, 0.1) is 5.70 Å². The van der Waals surface area contributed by atoms with Crippen LogP contribution in [-0.4, -0.2) is 58.3 Å². The van der Waals surface area contributed by atoms with Gasteiger partial charge >= 0.3 is 6.09 Å². The number of amides is 1. The van der Waals surface area contributed by atoms with Crippen LogP contribution in [-0.2, 0) is 4.74 Å². The Morgan fingerprint density at radius 2 is 2.05 bits per heavy atom. The fourth-order valence-corrected chi connectivity index (χ4v) is 3.11. The van der Waals surface area contributed by atoms with E-state index in [1.54, 1.807) is 4.90 Å². The molecule has 2 heterocycles. The van der Waals surface area contributed by atoms with Crippen LogP contribution in [0.3, 0.4) is 0 Å². The molecule has 0 spiro atoms. The largest absolute Gasteiger partial charge is 0.444 e. The molecular formula is C14H24Cl2N4O2. The molecule has 0 saturated carbocycles. The minimum atomic E-state index is -0.482. The molecule has 2 rings (SSSR count). The van der Waals surface area contributed by atoms with E-state index in [0.717, 1.165) is 5.70 Å². The molecule has 1 fully saturated rings. The molecule has 2 N–H and O–H groups in total. The molecule has 8 heteroatoms. The van der Waals surface area contributed by atoms with Gasteiger partial charge in [0.2, 0.25) is 0 Å². The number of hydrogen-bond donors (Lipinski definition) is 2. The fraction of sp³-hybridized carbons (Fsp3) is 0.786. The zero-order valence-corrected chi connectivity index (χ0v) is 14.9. The van der Waals surface area contributed by atoms with Gasteiger partial charge < -0.3 is 19.9 Å². The number of nitrogens with one attached hydrogen (secondary N) is 2. The van der Waals surface area contributed by atoms with Gasteiger partial charge in [-0.25, -0.2) is 4.79 Å². The summed E-state index contributed by atoms with van der Waals surface area (Å²) in [5.41, 5.74) is -0.255. The molecule has 3 atom stereocenters. The maximum Gasteiger partial charge on any atom is 0.410 e. The van der Waals surface area contributed by atoms with Gasteiger partial charge in [0, 0.05) is 31.9 Å². The highest BCUT2D eigenvalue weighted by Crippen LogP contribution is 2.22. The second-order valence-corrected chi connectivity index (χ2v) is 7.47. The number of halogens is 2. The number of carbonyl (C=O) groups excluding carboxylic acids is 1. The lowest BCUT2D eigenvalue weighted by Gasteiger charge is -2.43. The second kappa shape index (κ2) is 6.72. The summed E-state index contributed by atoms with van der Waals surface area (Å²) in [5, 5.41) is 6.01. The minimum Gasteiger partial charge on any atom is -0.444 e. The van der Waals surface area contributed by atoms with Crippen LogP contribution in [0.2, 0.25) is 0 Å². The van der Waals surface area contributed by atoms with Crippen molar-refractivity contribution in [1.82, 2.24) is 20.4 Å². The van der Waals surface area contributed by atoms with Crippen molar-refractivity contribution in [3.63, 3.8) is 0 Å². The maximum absolute atomic E-state index is 12.2. The molecule has 22 heavy (non-hydrogen) atoms. The predicted molar refractivity (Wildman–Crippen MR) is 87.6 cm³/mol. The van der Waals surface area contributed by atoms with Crippen molar-refractivity contribution in [3.05, 3.63) is 11.9 Å². The minimum absolute atomic E-state index is 0.0436. The first-order valence-electron chi connectivity index (χ1n) is 7.42. The van der Waals surface area contributed by atoms with E-state index in [2.05, 4.69) is 15.5 Å². The summed E-state index contributed by atoms with van der Waals surface area (Å²) in [7, 11) is 0. The van der Waals surface area contributed by atoms with Gasteiger partial charge in [-0.2, -0.15) is 0 Å². The van der Waals surface area contributed by atoms with Gasteiger partial charge in [-0.15, -0.1) is 0 Å². The first kappa shape index (κ1) is 17.5. The van der Waals surface area contributed by atoms with E-state index in [-0.39, 0.29) is 23.3 Å². The molecule has 1 amide bonds. The molecule has 126 valence electrons. The van der Waals surface area contributed by atoms with Crippen LogP contribution < -0.4 is 10.6 Å². The highest BCUT2D eigenvalue weighted by atomic mass is 35.5. The first-order valence-corrected chi connectivity index (χ1v) is 8.29. The van der Waals surface area contributed by atoms with Gasteiger partial charge in [0.1, 0.15) is 11.1 Å². The molecular weight excluding hydrogens is 327 g/mol. The van der Waals surface area contributed by atoms with Crippen LogP contribution in [0.1, 0.15) is 27.7 Å². The first-order chi connectivity index (χ1) is 10.2. The van der Waals surface area contributed by atoms with E-state index in [1.807, 2.05) is 33.9 Å². The van der Waals surface area contributed by atoms with Crippen molar-refractivity contribution in [2.75, 3.05) is 19.6 Å². The zero-order chi connectivity index (χ0) is 16.5. The lowest BCUT2D eigenvalue weighted by Crippen LogP contribution is -2.57. The lowest BCUT2D eigenvalue weighted by molar-refractivity contribution is 0.00445. The standard InChI is InChI=1S/C14H24Cl2N4O2/c1-9-8-19(10-7-17-12(16)18-11(10)15)5-6-20(9)13(21)22-14(2,3)4/h7,9,11-12,17-18H,5-6,8H2,1-4H3/t9-,11?,12?/m1/s1. The van der Waals surface area contributed by atoms with Crippen LogP contribution >= 0.6 is 23.2 Å². The number of rotatable bonds is 1. The van der Waals surface area contributed by atoms with E-state index in [0.29, 0.717) is 19.6 Å². The number of ether oxygens (including phenoxy) is 1. The summed E-state index contributed by atoms with van der Waals surface area (Å²) in [4.78, 5) is 16.1. The van der Waals surface area contributed by atoms with Crippen LogP contribution in [0.5, 0.6) is 0 Å². The quantitative estimate of drug-likeness (QED) is 0.559. The van der Waals surface area contributed by atoms with Crippen LogP contribution in [0.25, 0.3) is 0 Å². The summed E-state index contributed by atoms with van der Waals surface area (Å²) >= 11 is 12.2. The Morgan fingerprint density at radius 1 is 1.36 bits per heavy atom. The predicted octanol–water partition coefficient (Wildman–Crippen LogP) is 2.05. The Hall–Kier alpha value is -0.850. The van der Waals surface area contributed by atoms with Crippen LogP contribution in [0.4, 0.5) is 4.79 Å². The van der Waals surface area contributed by atoms with E-state index < -0.39 is 5.60 Å². The molecule has 0 aromatic heterocycles. The molecule has 0 aliphatic carbocycles. The van der Waals surface area contributed by atoms with E-state index in [9.17, 15) is 4.79 Å². The highest BCUT2D eigenvalue weighted by molar-refractivity contribution is 6.24. The monoisotopic (exact) mass is 350 g/mol. The number of nitrogens with zero attached hydrogens (tertiary/aromatic N) is 2. The molecule has 0 aromatic carbocycles. The highest BCUT2D eigenvalue weighted by Gasteiger charge is 2.33. The summed E-state index contributed by atoms with van der Waals surface area (Å²) in [5.74, 6) is 0. The van der Waals surface area contributed by atoms with Crippen molar-refractivity contribution in [2.45, 2.75) is 50.5 Å². The third kappa shape index (κ3) is 4.33. The van der Waals surface area contributed by atoms with Crippen molar-refractivity contribution in [1.29, 1.82) is 0 Å². The lowest BCUT2D eigenvalue weighted by atomic mass is 10.1. The smallest absolute Gasteiger partial charge is 0.410 e. The van der Waals surface area contributed by atoms with Crippen molar-refractivity contribution in [3.8, 4) is 0 Å². The number of piperazine rings is 1. The van der Waals surface area contributed by atoms with Crippen molar-refractivity contribution in [2.24, 2.45) is 0 Å². The molecule has 0 aromatic rings. The second-order valence-electron chi connectivity index (χ2n) is 6.60. The van der Waals surface area contributed by atoms with Gasteiger partial charge in [-0.3, -0.25) is 5.32 Å². The van der Waals surface area contributed by atoms with Gasteiger partial charge in [-0.1, -0.05) is 23.2 Å². The average molecular weight is 351 g/mol. The third-order valence-electron chi connectivity index (χ3n) is 3.55. The van der Waals surface area contributed by atoms with Gasteiger partial charge in [0.25, 0.3) is 0 Å². The Balaban J connectivity index is 1.97. The molecule has 2 aliphatic rings. The number of alkyl halides is 2. The average Bonchev–Trinajstić information content (AvgIpc) is 2.36. The SMILES string of the molecule is C[C@@H]1CN(C2=CNC(Cl)NC2Cl)CCN1C(=O)OC(C)(C)C. The topological polar surface area (TPSA) is 56.8 Å². The normalized spacial score (nSPS) is 29.7. The van der Waals surface area contributed by atoms with Gasteiger partial charge in [-0.05, 0) is 27.7 Å². The Bertz CT molecular complexity index is 453. The van der Waals surface area contributed by atoms with Crippen LogP contribution in [0.15, 0.2) is 11.9 Å². The van der Waals surface area contributed by atoms with E-state index in [1.165, 1.54) is 0 Å². The summed E-state index contributed by atoms with van der Waals surface area (Å²) < 4.78 is 5.45. The van der Waals surface area contributed by atoms with E-state index >= 15 is 0 Å². The van der Waals surface area contributed by atoms with Crippen molar-refractivity contribution >= 4 is 29.3 Å². The number of carbonyl (C=O) groups is 1. The van der Waals surface area contributed by atoms with Crippen LogP contribution in [0, 0.1) is 0 Å². The Labute approximate surface area is 141 Å². The molecule has 0 bridgehead atoms. The third-order valence-corrected chi connectivity index (χ3v) is 4.15. The maximum atomic E-state index is 12.2. The summed E-state index contributed by atoms with van der Waals surface area (Å²) in [6.07, 6.45) is 1.57. The Morgan fingerprint density at radius 3 is 2.59 bits per heavy atom. The van der Waals surface area contributed by atoms with E-state index in [4.69, 9.17) is 27.9 Å². The molecule has 2 aliphatic heterocycles. The summed E-state index contributed by atoms with van der Waals surface area (Å²) in [6, 6.07) is 0.0436. The van der Waals surface area contributed by atoms with Crippen molar-refractivity contribution < 1.29 is 9.53 Å². The summed E-state index contributed by atoms with van der Waals surface area (Å²) in [6.45, 7) is 9.62. The molecule has 0 radical (unpaired) electrons. The molecule has 6 nitrogen and oxygen atoms in total. The van der Waals surface area contributed by atoms with Gasteiger partial charge in [0.15, 0.2) is 5.62 Å².